The fourth-order valence-electron chi connectivity index (χ4n) is 2.92. The summed E-state index contributed by atoms with van der Waals surface area (Å²) < 4.78 is 1.04. The summed E-state index contributed by atoms with van der Waals surface area (Å²) in [4.78, 5) is 0. The molecule has 1 aromatic rings. The molecular formula is C16H23BrClN. The van der Waals surface area contributed by atoms with Crippen LogP contribution in [0.2, 0.25) is 5.02 Å². The van der Waals surface area contributed by atoms with Crippen molar-refractivity contribution in [3.63, 3.8) is 0 Å². The van der Waals surface area contributed by atoms with Crippen LogP contribution < -0.4 is 5.32 Å². The van der Waals surface area contributed by atoms with Gasteiger partial charge >= 0.3 is 0 Å². The van der Waals surface area contributed by atoms with Crippen molar-refractivity contribution in [2.75, 3.05) is 6.54 Å². The van der Waals surface area contributed by atoms with E-state index in [1.54, 1.807) is 0 Å². The van der Waals surface area contributed by atoms with Gasteiger partial charge in [0.25, 0.3) is 0 Å². The van der Waals surface area contributed by atoms with Gasteiger partial charge in [-0.1, -0.05) is 59.8 Å². The SMILES string of the molecule is CCC1CCC(CNCc2ccc(Br)cc2Cl)CC1. The van der Waals surface area contributed by atoms with Gasteiger partial charge in [0.1, 0.15) is 0 Å². The zero-order valence-corrected chi connectivity index (χ0v) is 13.9. The average molecular weight is 345 g/mol. The van der Waals surface area contributed by atoms with Crippen molar-refractivity contribution < 1.29 is 0 Å². The molecule has 1 saturated carbocycles. The molecule has 0 unspecified atom stereocenters. The van der Waals surface area contributed by atoms with E-state index in [-0.39, 0.29) is 0 Å². The first-order valence-electron chi connectivity index (χ1n) is 7.33. The minimum Gasteiger partial charge on any atom is -0.312 e. The Bertz CT molecular complexity index is 400. The first-order chi connectivity index (χ1) is 9.19. The first kappa shape index (κ1) is 15.3. The maximum atomic E-state index is 6.22. The number of hydrogen-bond donors (Lipinski definition) is 1. The lowest BCUT2D eigenvalue weighted by Gasteiger charge is -2.28. The number of nitrogens with one attached hydrogen (secondary N) is 1. The standard InChI is InChI=1S/C16H23BrClN/c1-2-12-3-5-13(6-4-12)10-19-11-14-7-8-15(17)9-16(14)18/h7-9,12-13,19H,2-6,10-11H2,1H3. The van der Waals surface area contributed by atoms with Crippen molar-refractivity contribution in [2.24, 2.45) is 11.8 Å². The molecule has 0 bridgehead atoms. The second-order valence-corrected chi connectivity index (χ2v) is 6.98. The van der Waals surface area contributed by atoms with E-state index in [1.807, 2.05) is 6.07 Å². The Balaban J connectivity index is 1.72. The molecule has 0 aliphatic heterocycles. The van der Waals surface area contributed by atoms with Gasteiger partial charge in [-0.25, -0.2) is 0 Å². The summed E-state index contributed by atoms with van der Waals surface area (Å²) in [5, 5.41) is 4.41. The van der Waals surface area contributed by atoms with Gasteiger partial charge in [-0.05, 0) is 48.9 Å². The molecule has 0 radical (unpaired) electrons. The van der Waals surface area contributed by atoms with Gasteiger partial charge in [-0.2, -0.15) is 0 Å². The van der Waals surface area contributed by atoms with Crippen LogP contribution in [0.25, 0.3) is 0 Å². The minimum atomic E-state index is 0.844. The van der Waals surface area contributed by atoms with Crippen LogP contribution in [0.5, 0.6) is 0 Å². The normalized spacial score (nSPS) is 23.5. The quantitative estimate of drug-likeness (QED) is 0.753. The molecule has 1 aliphatic carbocycles. The van der Waals surface area contributed by atoms with Crippen LogP contribution in [0.3, 0.4) is 0 Å². The summed E-state index contributed by atoms with van der Waals surface area (Å²) in [6.07, 6.45) is 6.97. The van der Waals surface area contributed by atoms with Crippen LogP contribution >= 0.6 is 27.5 Å². The van der Waals surface area contributed by atoms with Crippen molar-refractivity contribution in [2.45, 2.75) is 45.6 Å². The number of rotatable bonds is 5. The van der Waals surface area contributed by atoms with Gasteiger partial charge in [0.15, 0.2) is 0 Å². The largest absolute Gasteiger partial charge is 0.312 e. The summed E-state index contributed by atoms with van der Waals surface area (Å²) in [5.74, 6) is 1.84. The highest BCUT2D eigenvalue weighted by Crippen LogP contribution is 2.30. The Labute approximate surface area is 130 Å². The Kier molecular flexibility index (Phi) is 6.18. The van der Waals surface area contributed by atoms with E-state index < -0.39 is 0 Å². The smallest absolute Gasteiger partial charge is 0.0462 e. The minimum absolute atomic E-state index is 0.844. The summed E-state index contributed by atoms with van der Waals surface area (Å²) in [6, 6.07) is 6.10. The van der Waals surface area contributed by atoms with E-state index in [1.165, 1.54) is 37.7 Å². The summed E-state index contributed by atoms with van der Waals surface area (Å²) in [6.45, 7) is 4.32. The molecule has 0 amide bonds. The molecule has 0 aromatic heterocycles. The molecule has 19 heavy (non-hydrogen) atoms. The van der Waals surface area contributed by atoms with Crippen LogP contribution in [0, 0.1) is 11.8 Å². The Morgan fingerprint density at radius 2 is 1.89 bits per heavy atom. The van der Waals surface area contributed by atoms with Crippen molar-refractivity contribution in [3.8, 4) is 0 Å². The second-order valence-electron chi connectivity index (χ2n) is 5.66. The molecule has 0 spiro atoms. The summed E-state index contributed by atoms with van der Waals surface area (Å²) >= 11 is 9.65. The highest BCUT2D eigenvalue weighted by molar-refractivity contribution is 9.10. The van der Waals surface area contributed by atoms with E-state index in [0.29, 0.717) is 0 Å². The molecule has 1 aromatic carbocycles. The number of benzene rings is 1. The third kappa shape index (κ3) is 4.77. The molecule has 0 atom stereocenters. The van der Waals surface area contributed by atoms with E-state index in [9.17, 15) is 0 Å². The van der Waals surface area contributed by atoms with Gasteiger partial charge in [-0.3, -0.25) is 0 Å². The number of halogens is 2. The molecule has 1 fully saturated rings. The Morgan fingerprint density at radius 3 is 2.53 bits per heavy atom. The Hall–Kier alpha value is -0.0500. The van der Waals surface area contributed by atoms with Gasteiger partial charge in [-0.15, -0.1) is 0 Å². The number of hydrogen-bond acceptors (Lipinski definition) is 1. The lowest BCUT2D eigenvalue weighted by atomic mass is 9.81. The topological polar surface area (TPSA) is 12.0 Å². The van der Waals surface area contributed by atoms with Crippen molar-refractivity contribution in [3.05, 3.63) is 33.3 Å². The van der Waals surface area contributed by atoms with Gasteiger partial charge in [0.05, 0.1) is 0 Å². The van der Waals surface area contributed by atoms with Crippen molar-refractivity contribution >= 4 is 27.5 Å². The van der Waals surface area contributed by atoms with E-state index >= 15 is 0 Å². The zero-order chi connectivity index (χ0) is 13.7. The maximum Gasteiger partial charge on any atom is 0.0462 e. The maximum absolute atomic E-state index is 6.22. The zero-order valence-electron chi connectivity index (χ0n) is 11.6. The molecule has 1 nitrogen and oxygen atoms in total. The van der Waals surface area contributed by atoms with Crippen LogP contribution in [-0.2, 0) is 6.54 Å². The van der Waals surface area contributed by atoms with Crippen molar-refractivity contribution in [1.82, 2.24) is 5.32 Å². The molecule has 1 N–H and O–H groups in total. The monoisotopic (exact) mass is 343 g/mol. The molecule has 106 valence electrons. The van der Waals surface area contributed by atoms with E-state index in [0.717, 1.165) is 34.4 Å². The van der Waals surface area contributed by atoms with Crippen LogP contribution in [0.1, 0.15) is 44.6 Å². The average Bonchev–Trinajstić information content (AvgIpc) is 2.42. The fraction of sp³-hybridized carbons (Fsp3) is 0.625. The third-order valence-corrected chi connectivity index (χ3v) is 5.15. The molecule has 0 heterocycles. The van der Waals surface area contributed by atoms with Gasteiger partial charge in [0.2, 0.25) is 0 Å². The van der Waals surface area contributed by atoms with Gasteiger partial charge < -0.3 is 5.32 Å². The van der Waals surface area contributed by atoms with Crippen LogP contribution in [0.4, 0.5) is 0 Å². The molecule has 1 aliphatic rings. The molecular weight excluding hydrogens is 322 g/mol. The summed E-state index contributed by atoms with van der Waals surface area (Å²) in [7, 11) is 0. The van der Waals surface area contributed by atoms with Crippen LogP contribution in [0.15, 0.2) is 22.7 Å². The molecule has 3 heteroatoms. The van der Waals surface area contributed by atoms with E-state index in [4.69, 9.17) is 11.6 Å². The highest BCUT2D eigenvalue weighted by Gasteiger charge is 2.19. The first-order valence-corrected chi connectivity index (χ1v) is 8.50. The highest BCUT2D eigenvalue weighted by atomic mass is 79.9. The fourth-order valence-corrected chi connectivity index (χ4v) is 3.66. The predicted molar refractivity (Wildman–Crippen MR) is 86.6 cm³/mol. The predicted octanol–water partition coefficient (Wildman–Crippen LogP) is 5.41. The van der Waals surface area contributed by atoms with Crippen LogP contribution in [-0.4, -0.2) is 6.54 Å². The van der Waals surface area contributed by atoms with Crippen molar-refractivity contribution in [1.29, 1.82) is 0 Å². The molecule has 2 rings (SSSR count). The second kappa shape index (κ2) is 7.66. The van der Waals surface area contributed by atoms with Gasteiger partial charge in [0, 0.05) is 16.0 Å². The lowest BCUT2D eigenvalue weighted by Crippen LogP contribution is -2.26. The molecule has 0 saturated heterocycles. The Morgan fingerprint density at radius 1 is 1.21 bits per heavy atom. The summed E-state index contributed by atoms with van der Waals surface area (Å²) in [5.41, 5.74) is 1.19. The van der Waals surface area contributed by atoms with E-state index in [2.05, 4.69) is 40.3 Å². The third-order valence-electron chi connectivity index (χ3n) is 4.31. The lowest BCUT2D eigenvalue weighted by molar-refractivity contribution is 0.262.